The summed E-state index contributed by atoms with van der Waals surface area (Å²) in [6, 6.07) is 1.35. The molecular formula is C17H29N3O2. The fourth-order valence-electron chi connectivity index (χ4n) is 4.61. The number of carbonyl (C=O) groups excluding carboxylic acids is 2. The van der Waals surface area contributed by atoms with Gasteiger partial charge in [-0.2, -0.15) is 0 Å². The van der Waals surface area contributed by atoms with Gasteiger partial charge in [0.05, 0.1) is 0 Å². The third kappa shape index (κ3) is 3.55. The van der Waals surface area contributed by atoms with Crippen molar-refractivity contribution in [3.63, 3.8) is 0 Å². The lowest BCUT2D eigenvalue weighted by atomic mass is 9.82. The Morgan fingerprint density at radius 1 is 0.818 bits per heavy atom. The van der Waals surface area contributed by atoms with Crippen LogP contribution >= 0.6 is 0 Å². The number of hydrogen-bond donors (Lipinski definition) is 2. The molecule has 2 saturated heterocycles. The van der Waals surface area contributed by atoms with Gasteiger partial charge in [-0.05, 0) is 44.9 Å². The standard InChI is InChI=1S/C17H29N3O2/c1-12(21)18-14-10-15-8-5-9-16(11-14)20(15)17(22)19-13-6-3-2-4-7-13/h13-16H,2-11H2,1H3,(H,18,21)(H,19,22)/t15-,16-/m0/s1. The topological polar surface area (TPSA) is 61.4 Å². The number of nitrogens with one attached hydrogen (secondary N) is 2. The van der Waals surface area contributed by atoms with Gasteiger partial charge in [0.15, 0.2) is 0 Å². The molecule has 22 heavy (non-hydrogen) atoms. The molecule has 0 unspecified atom stereocenters. The average molecular weight is 307 g/mol. The van der Waals surface area contributed by atoms with Crippen LogP contribution < -0.4 is 10.6 Å². The number of piperidine rings is 2. The van der Waals surface area contributed by atoms with Crippen LogP contribution in [0.3, 0.4) is 0 Å². The van der Waals surface area contributed by atoms with Crippen molar-refractivity contribution in [1.82, 2.24) is 15.5 Å². The van der Waals surface area contributed by atoms with Crippen molar-refractivity contribution >= 4 is 11.9 Å². The van der Waals surface area contributed by atoms with Crippen LogP contribution in [0, 0.1) is 0 Å². The zero-order valence-corrected chi connectivity index (χ0v) is 13.6. The van der Waals surface area contributed by atoms with E-state index in [4.69, 9.17) is 0 Å². The fourth-order valence-corrected chi connectivity index (χ4v) is 4.61. The second-order valence-corrected chi connectivity index (χ2v) is 7.30. The van der Waals surface area contributed by atoms with Crippen LogP contribution in [-0.4, -0.2) is 41.0 Å². The quantitative estimate of drug-likeness (QED) is 0.823. The summed E-state index contributed by atoms with van der Waals surface area (Å²) >= 11 is 0. The molecule has 0 radical (unpaired) electrons. The lowest BCUT2D eigenvalue weighted by molar-refractivity contribution is -0.120. The molecule has 2 bridgehead atoms. The first-order chi connectivity index (χ1) is 10.6. The fraction of sp³-hybridized carbons (Fsp3) is 0.882. The van der Waals surface area contributed by atoms with Gasteiger partial charge in [0.25, 0.3) is 0 Å². The zero-order valence-electron chi connectivity index (χ0n) is 13.6. The third-order valence-corrected chi connectivity index (χ3v) is 5.55. The van der Waals surface area contributed by atoms with Crippen LogP contribution in [0.1, 0.15) is 71.1 Å². The van der Waals surface area contributed by atoms with Crippen molar-refractivity contribution in [1.29, 1.82) is 0 Å². The summed E-state index contributed by atoms with van der Waals surface area (Å²) in [5.74, 6) is 0.0446. The van der Waals surface area contributed by atoms with Gasteiger partial charge < -0.3 is 15.5 Å². The molecule has 3 aliphatic rings. The van der Waals surface area contributed by atoms with E-state index in [0.29, 0.717) is 18.1 Å². The van der Waals surface area contributed by atoms with Crippen LogP contribution in [0.2, 0.25) is 0 Å². The molecule has 3 rings (SSSR count). The maximum Gasteiger partial charge on any atom is 0.318 e. The minimum Gasteiger partial charge on any atom is -0.353 e. The molecule has 2 heterocycles. The van der Waals surface area contributed by atoms with Crippen LogP contribution in [0.25, 0.3) is 0 Å². The highest BCUT2D eigenvalue weighted by atomic mass is 16.2. The molecule has 124 valence electrons. The molecule has 0 aromatic carbocycles. The summed E-state index contributed by atoms with van der Waals surface area (Å²) in [5, 5.41) is 6.33. The van der Waals surface area contributed by atoms with Crippen molar-refractivity contribution in [3.05, 3.63) is 0 Å². The van der Waals surface area contributed by atoms with Gasteiger partial charge in [-0.15, -0.1) is 0 Å². The maximum atomic E-state index is 12.7. The molecule has 3 fully saturated rings. The largest absolute Gasteiger partial charge is 0.353 e. The zero-order chi connectivity index (χ0) is 15.5. The first-order valence-corrected chi connectivity index (χ1v) is 8.99. The molecule has 5 nitrogen and oxygen atoms in total. The van der Waals surface area contributed by atoms with Crippen LogP contribution in [0.5, 0.6) is 0 Å². The van der Waals surface area contributed by atoms with Crippen LogP contribution in [0.15, 0.2) is 0 Å². The maximum absolute atomic E-state index is 12.7. The summed E-state index contributed by atoms with van der Waals surface area (Å²) in [5.41, 5.74) is 0. The number of amides is 3. The van der Waals surface area contributed by atoms with E-state index in [0.717, 1.165) is 38.5 Å². The van der Waals surface area contributed by atoms with Crippen molar-refractivity contribution in [2.45, 2.75) is 95.3 Å². The molecule has 2 atom stereocenters. The van der Waals surface area contributed by atoms with Gasteiger partial charge in [-0.25, -0.2) is 4.79 Å². The lowest BCUT2D eigenvalue weighted by Crippen LogP contribution is -2.61. The average Bonchev–Trinajstić information content (AvgIpc) is 2.46. The molecule has 2 aliphatic heterocycles. The summed E-state index contributed by atoms with van der Waals surface area (Å²) in [6.45, 7) is 1.58. The number of carbonyl (C=O) groups is 2. The van der Waals surface area contributed by atoms with E-state index >= 15 is 0 Å². The van der Waals surface area contributed by atoms with Crippen LogP contribution in [0.4, 0.5) is 4.79 Å². The van der Waals surface area contributed by atoms with Crippen LogP contribution in [-0.2, 0) is 4.79 Å². The highest BCUT2D eigenvalue weighted by molar-refractivity contribution is 5.76. The Labute approximate surface area is 133 Å². The molecule has 0 aromatic rings. The molecular weight excluding hydrogens is 278 g/mol. The van der Waals surface area contributed by atoms with Crippen molar-refractivity contribution < 1.29 is 9.59 Å². The first kappa shape index (κ1) is 15.6. The highest BCUT2D eigenvalue weighted by Crippen LogP contribution is 2.34. The van der Waals surface area contributed by atoms with Gasteiger partial charge in [0.2, 0.25) is 5.91 Å². The Balaban J connectivity index is 1.60. The molecule has 5 heteroatoms. The minimum absolute atomic E-state index is 0.0446. The van der Waals surface area contributed by atoms with Gasteiger partial charge in [0.1, 0.15) is 0 Å². The molecule has 0 spiro atoms. The second-order valence-electron chi connectivity index (χ2n) is 7.30. The Morgan fingerprint density at radius 3 is 2.05 bits per heavy atom. The van der Waals surface area contributed by atoms with E-state index < -0.39 is 0 Å². The van der Waals surface area contributed by atoms with Crippen molar-refractivity contribution in [2.24, 2.45) is 0 Å². The van der Waals surface area contributed by atoms with E-state index in [2.05, 4.69) is 15.5 Å². The number of nitrogens with zero attached hydrogens (tertiary/aromatic N) is 1. The summed E-state index contributed by atoms with van der Waals surface area (Å²) in [4.78, 5) is 26.1. The first-order valence-electron chi connectivity index (χ1n) is 8.99. The molecule has 1 aliphatic carbocycles. The number of rotatable bonds is 2. The van der Waals surface area contributed by atoms with Gasteiger partial charge in [0, 0.05) is 31.1 Å². The third-order valence-electron chi connectivity index (χ3n) is 5.55. The van der Waals surface area contributed by atoms with E-state index in [1.807, 2.05) is 0 Å². The number of urea groups is 1. The summed E-state index contributed by atoms with van der Waals surface area (Å²) in [7, 11) is 0. The lowest BCUT2D eigenvalue weighted by Gasteiger charge is -2.49. The Kier molecular flexibility index (Phi) is 4.89. The minimum atomic E-state index is 0.0446. The predicted molar refractivity (Wildman–Crippen MR) is 85.5 cm³/mol. The molecule has 0 aromatic heterocycles. The molecule has 1 saturated carbocycles. The highest BCUT2D eigenvalue weighted by Gasteiger charge is 2.41. The van der Waals surface area contributed by atoms with Crippen molar-refractivity contribution in [3.8, 4) is 0 Å². The van der Waals surface area contributed by atoms with E-state index in [1.54, 1.807) is 6.92 Å². The summed E-state index contributed by atoms with van der Waals surface area (Å²) < 4.78 is 0. The van der Waals surface area contributed by atoms with Crippen molar-refractivity contribution in [2.75, 3.05) is 0 Å². The smallest absolute Gasteiger partial charge is 0.318 e. The van der Waals surface area contributed by atoms with Gasteiger partial charge >= 0.3 is 6.03 Å². The van der Waals surface area contributed by atoms with Gasteiger partial charge in [-0.1, -0.05) is 19.3 Å². The monoisotopic (exact) mass is 307 g/mol. The SMILES string of the molecule is CC(=O)NC1C[C@@H]2CCC[C@@H](C1)N2C(=O)NC1CCCCC1. The van der Waals surface area contributed by atoms with E-state index in [-0.39, 0.29) is 18.0 Å². The Morgan fingerprint density at radius 2 is 1.45 bits per heavy atom. The Bertz CT molecular complexity index is 406. The Hall–Kier alpha value is -1.26. The van der Waals surface area contributed by atoms with E-state index in [1.165, 1.54) is 25.7 Å². The number of fused-ring (bicyclic) bond motifs is 2. The van der Waals surface area contributed by atoms with E-state index in [9.17, 15) is 9.59 Å². The summed E-state index contributed by atoms with van der Waals surface area (Å²) in [6.07, 6.45) is 11.2. The van der Waals surface area contributed by atoms with Gasteiger partial charge in [-0.3, -0.25) is 4.79 Å². The number of hydrogen-bond acceptors (Lipinski definition) is 2. The molecule has 2 N–H and O–H groups in total. The predicted octanol–water partition coefficient (Wildman–Crippen LogP) is 2.55. The second kappa shape index (κ2) is 6.88. The normalized spacial score (nSPS) is 32.4. The molecule has 3 amide bonds.